The predicted molar refractivity (Wildman–Crippen MR) is 74.8 cm³/mol. The molecule has 0 spiro atoms. The van der Waals surface area contributed by atoms with E-state index in [-0.39, 0.29) is 11.9 Å². The SMILES string of the molecule is Cc1ccc(NN)c(C(=O)NC(C)C2CCOC2)c1. The minimum Gasteiger partial charge on any atom is -0.381 e. The molecule has 2 unspecified atom stereocenters. The van der Waals surface area contributed by atoms with Crippen molar-refractivity contribution in [2.75, 3.05) is 18.6 Å². The Morgan fingerprint density at radius 2 is 2.32 bits per heavy atom. The number of rotatable bonds is 4. The Bertz CT molecular complexity index is 456. The van der Waals surface area contributed by atoms with Crippen molar-refractivity contribution in [2.45, 2.75) is 26.3 Å². The summed E-state index contributed by atoms with van der Waals surface area (Å²) in [5.74, 6) is 5.73. The maximum atomic E-state index is 12.3. The van der Waals surface area contributed by atoms with Crippen molar-refractivity contribution in [3.63, 3.8) is 0 Å². The van der Waals surface area contributed by atoms with Gasteiger partial charge >= 0.3 is 0 Å². The van der Waals surface area contributed by atoms with Gasteiger partial charge in [-0.25, -0.2) is 0 Å². The van der Waals surface area contributed by atoms with E-state index >= 15 is 0 Å². The van der Waals surface area contributed by atoms with Crippen LogP contribution in [0, 0.1) is 12.8 Å². The second-order valence-corrected chi connectivity index (χ2v) is 5.08. The first-order chi connectivity index (χ1) is 9.11. The number of ether oxygens (including phenoxy) is 1. The Morgan fingerprint density at radius 3 is 2.95 bits per heavy atom. The summed E-state index contributed by atoms with van der Waals surface area (Å²) in [6.45, 7) is 5.47. The van der Waals surface area contributed by atoms with Crippen molar-refractivity contribution in [3.8, 4) is 0 Å². The number of aryl methyl sites for hydroxylation is 1. The lowest BCUT2D eigenvalue weighted by molar-refractivity contribution is 0.0923. The molecule has 1 aromatic carbocycles. The number of nitrogen functional groups attached to an aromatic ring is 1. The molecule has 4 N–H and O–H groups in total. The number of nitrogens with two attached hydrogens (primary N) is 1. The zero-order valence-electron chi connectivity index (χ0n) is 11.4. The van der Waals surface area contributed by atoms with Crippen LogP contribution in [0.4, 0.5) is 5.69 Å². The third-order valence-corrected chi connectivity index (χ3v) is 3.61. The van der Waals surface area contributed by atoms with Gasteiger partial charge in [0, 0.05) is 18.6 Å². The Balaban J connectivity index is 2.08. The van der Waals surface area contributed by atoms with Crippen molar-refractivity contribution >= 4 is 11.6 Å². The minimum atomic E-state index is -0.101. The molecule has 1 aliphatic rings. The van der Waals surface area contributed by atoms with Crippen LogP contribution in [0.2, 0.25) is 0 Å². The minimum absolute atomic E-state index is 0.0983. The Labute approximate surface area is 113 Å². The van der Waals surface area contributed by atoms with E-state index in [1.807, 2.05) is 32.0 Å². The average molecular weight is 263 g/mol. The summed E-state index contributed by atoms with van der Waals surface area (Å²) in [5, 5.41) is 3.03. The van der Waals surface area contributed by atoms with Gasteiger partial charge in [-0.3, -0.25) is 10.6 Å². The lowest BCUT2D eigenvalue weighted by Gasteiger charge is -2.20. The van der Waals surface area contributed by atoms with Crippen molar-refractivity contribution in [3.05, 3.63) is 29.3 Å². The van der Waals surface area contributed by atoms with Crippen LogP contribution >= 0.6 is 0 Å². The van der Waals surface area contributed by atoms with Gasteiger partial charge in [-0.2, -0.15) is 0 Å². The van der Waals surface area contributed by atoms with Gasteiger partial charge in [0.05, 0.1) is 17.9 Å². The fourth-order valence-electron chi connectivity index (χ4n) is 2.32. The maximum absolute atomic E-state index is 12.3. The molecule has 5 nitrogen and oxygen atoms in total. The number of benzene rings is 1. The van der Waals surface area contributed by atoms with E-state index in [4.69, 9.17) is 10.6 Å². The van der Waals surface area contributed by atoms with Gasteiger partial charge in [-0.1, -0.05) is 11.6 Å². The normalized spacial score (nSPS) is 20.1. The third kappa shape index (κ3) is 3.24. The molecule has 19 heavy (non-hydrogen) atoms. The lowest BCUT2D eigenvalue weighted by Crippen LogP contribution is -2.38. The van der Waals surface area contributed by atoms with E-state index in [1.165, 1.54) is 0 Å². The number of nitrogens with one attached hydrogen (secondary N) is 2. The molecule has 2 atom stereocenters. The highest BCUT2D eigenvalue weighted by atomic mass is 16.5. The topological polar surface area (TPSA) is 76.4 Å². The molecule has 0 radical (unpaired) electrons. The van der Waals surface area contributed by atoms with Gasteiger partial charge in [0.15, 0.2) is 0 Å². The number of hydrogen-bond acceptors (Lipinski definition) is 4. The Morgan fingerprint density at radius 1 is 1.53 bits per heavy atom. The highest BCUT2D eigenvalue weighted by molar-refractivity contribution is 5.99. The van der Waals surface area contributed by atoms with E-state index in [0.29, 0.717) is 17.2 Å². The Hall–Kier alpha value is -1.59. The summed E-state index contributed by atoms with van der Waals surface area (Å²) in [7, 11) is 0. The summed E-state index contributed by atoms with van der Waals surface area (Å²) in [5.41, 5.74) is 4.80. The number of carbonyl (C=O) groups excluding carboxylic acids is 1. The summed E-state index contributed by atoms with van der Waals surface area (Å²) in [6, 6.07) is 5.66. The average Bonchev–Trinajstić information content (AvgIpc) is 2.92. The molecule has 1 aliphatic heterocycles. The van der Waals surface area contributed by atoms with Crippen LogP contribution in [0.1, 0.15) is 29.3 Å². The summed E-state index contributed by atoms with van der Waals surface area (Å²) in [6.07, 6.45) is 0.997. The monoisotopic (exact) mass is 263 g/mol. The molecule has 0 bridgehead atoms. The molecule has 1 amide bonds. The van der Waals surface area contributed by atoms with Crippen LogP contribution in [-0.4, -0.2) is 25.2 Å². The van der Waals surface area contributed by atoms with Crippen molar-refractivity contribution in [2.24, 2.45) is 11.8 Å². The van der Waals surface area contributed by atoms with Crippen LogP contribution in [0.25, 0.3) is 0 Å². The molecule has 1 fully saturated rings. The van der Waals surface area contributed by atoms with Crippen LogP contribution in [0.3, 0.4) is 0 Å². The molecule has 0 aliphatic carbocycles. The molecular weight excluding hydrogens is 242 g/mol. The van der Waals surface area contributed by atoms with Gasteiger partial charge < -0.3 is 15.5 Å². The fourth-order valence-corrected chi connectivity index (χ4v) is 2.32. The van der Waals surface area contributed by atoms with Gasteiger partial charge in [0.1, 0.15) is 0 Å². The molecule has 1 saturated heterocycles. The largest absolute Gasteiger partial charge is 0.381 e. The highest BCUT2D eigenvalue weighted by Gasteiger charge is 2.24. The molecule has 2 rings (SSSR count). The number of hydrazine groups is 1. The number of amides is 1. The first-order valence-corrected chi connectivity index (χ1v) is 6.57. The molecular formula is C14H21N3O2. The second-order valence-electron chi connectivity index (χ2n) is 5.08. The van der Waals surface area contributed by atoms with E-state index in [0.717, 1.165) is 25.2 Å². The lowest BCUT2D eigenvalue weighted by atomic mass is 10.00. The van der Waals surface area contributed by atoms with Crippen LogP contribution in [-0.2, 0) is 4.74 Å². The van der Waals surface area contributed by atoms with E-state index in [2.05, 4.69) is 10.7 Å². The molecule has 1 aromatic rings. The predicted octanol–water partition coefficient (Wildman–Crippen LogP) is 1.44. The molecule has 0 aromatic heterocycles. The van der Waals surface area contributed by atoms with Crippen LogP contribution in [0.15, 0.2) is 18.2 Å². The van der Waals surface area contributed by atoms with E-state index in [9.17, 15) is 4.79 Å². The molecule has 1 heterocycles. The summed E-state index contributed by atoms with van der Waals surface area (Å²) < 4.78 is 5.35. The summed E-state index contributed by atoms with van der Waals surface area (Å²) in [4.78, 5) is 12.3. The van der Waals surface area contributed by atoms with E-state index in [1.54, 1.807) is 0 Å². The van der Waals surface area contributed by atoms with Crippen molar-refractivity contribution in [1.29, 1.82) is 0 Å². The highest BCUT2D eigenvalue weighted by Crippen LogP contribution is 2.19. The zero-order chi connectivity index (χ0) is 13.8. The van der Waals surface area contributed by atoms with Crippen molar-refractivity contribution < 1.29 is 9.53 Å². The van der Waals surface area contributed by atoms with Crippen molar-refractivity contribution in [1.82, 2.24) is 5.32 Å². The first kappa shape index (κ1) is 13.8. The Kier molecular flexibility index (Phi) is 4.39. The maximum Gasteiger partial charge on any atom is 0.253 e. The quantitative estimate of drug-likeness (QED) is 0.567. The second kappa shape index (κ2) is 6.04. The third-order valence-electron chi connectivity index (χ3n) is 3.61. The number of anilines is 1. The number of hydrogen-bond donors (Lipinski definition) is 3. The molecule has 104 valence electrons. The zero-order valence-corrected chi connectivity index (χ0v) is 11.4. The molecule has 5 heteroatoms. The van der Waals surface area contributed by atoms with Crippen LogP contribution < -0.4 is 16.6 Å². The smallest absolute Gasteiger partial charge is 0.253 e. The van der Waals surface area contributed by atoms with Gasteiger partial charge in [0.2, 0.25) is 0 Å². The standard InChI is InChI=1S/C14H21N3O2/c1-9-3-4-13(17-15)12(7-9)14(18)16-10(2)11-5-6-19-8-11/h3-4,7,10-11,17H,5-6,8,15H2,1-2H3,(H,16,18). The molecule has 0 saturated carbocycles. The fraction of sp³-hybridized carbons (Fsp3) is 0.500. The number of carbonyl (C=O) groups is 1. The van der Waals surface area contributed by atoms with Crippen LogP contribution in [0.5, 0.6) is 0 Å². The van der Waals surface area contributed by atoms with Gasteiger partial charge in [0.25, 0.3) is 5.91 Å². The van der Waals surface area contributed by atoms with Gasteiger partial charge in [-0.05, 0) is 32.4 Å². The summed E-state index contributed by atoms with van der Waals surface area (Å²) >= 11 is 0. The van der Waals surface area contributed by atoms with Gasteiger partial charge in [-0.15, -0.1) is 0 Å². The first-order valence-electron chi connectivity index (χ1n) is 6.57. The van der Waals surface area contributed by atoms with E-state index < -0.39 is 0 Å².